The molecule has 7 nitrogen and oxygen atoms in total. The maximum atomic E-state index is 14.0. The fraction of sp³-hybridized carbons (Fsp3) is 0.700. The molecule has 2 aliphatic rings. The molecule has 2 fully saturated rings. The van der Waals surface area contributed by atoms with Gasteiger partial charge in [-0.15, -0.1) is 11.3 Å². The van der Waals surface area contributed by atoms with Gasteiger partial charge in [0.2, 0.25) is 11.8 Å². The Bertz CT molecular complexity index is 1060. The number of aromatic carboxylic acids is 1. The van der Waals surface area contributed by atoms with Crippen molar-refractivity contribution >= 4 is 34.8 Å². The zero-order chi connectivity index (χ0) is 28.2. The van der Waals surface area contributed by atoms with Gasteiger partial charge in [-0.3, -0.25) is 9.59 Å². The molecule has 0 unspecified atom stereocenters. The molecule has 2 heterocycles. The van der Waals surface area contributed by atoms with Gasteiger partial charge >= 0.3 is 5.97 Å². The Hall–Kier alpha value is -2.37. The van der Waals surface area contributed by atoms with Crippen LogP contribution in [0.5, 0.6) is 0 Å². The van der Waals surface area contributed by atoms with Crippen LogP contribution in [0.1, 0.15) is 94.1 Å². The molecular formula is C30H45N3O4S. The highest BCUT2D eigenvalue weighted by atomic mass is 32.1. The fourth-order valence-electron chi connectivity index (χ4n) is 5.38. The molecule has 0 aromatic carbocycles. The van der Waals surface area contributed by atoms with Gasteiger partial charge in [-0.25, -0.2) is 4.79 Å². The van der Waals surface area contributed by atoms with E-state index >= 15 is 0 Å². The molecule has 210 valence electrons. The standard InChI is InChI=1S/C30H45N3O4S/c1-20-8-10-22(11-9-20)28(35)33(21(2)18-26(34)32(7)23-13-16-31(6)17-14-23)25-19-24(12-15-30(3,4)5)38-27(25)29(36)37/h19-23H,8-11,13-14,16-18H2,1-7H3,(H,36,37)/t20-,21-,22-/m0/s1. The van der Waals surface area contributed by atoms with E-state index in [9.17, 15) is 19.5 Å². The van der Waals surface area contributed by atoms with Gasteiger partial charge in [0.15, 0.2) is 0 Å². The summed E-state index contributed by atoms with van der Waals surface area (Å²) in [5.74, 6) is 5.54. The third kappa shape index (κ3) is 7.83. The molecule has 1 aromatic rings. The molecule has 1 atom stereocenters. The molecule has 1 aliphatic carbocycles. The molecule has 0 bridgehead atoms. The van der Waals surface area contributed by atoms with Crippen LogP contribution in [-0.4, -0.2) is 72.0 Å². The first-order valence-electron chi connectivity index (χ1n) is 13.9. The number of carboxylic acids is 1. The van der Waals surface area contributed by atoms with Crippen LogP contribution in [0.4, 0.5) is 5.69 Å². The monoisotopic (exact) mass is 543 g/mol. The van der Waals surface area contributed by atoms with Gasteiger partial charge in [-0.1, -0.05) is 18.8 Å². The summed E-state index contributed by atoms with van der Waals surface area (Å²) in [5.41, 5.74) is 0.131. The summed E-state index contributed by atoms with van der Waals surface area (Å²) in [5, 5.41) is 10.1. The lowest BCUT2D eigenvalue weighted by Crippen LogP contribution is -2.48. The van der Waals surface area contributed by atoms with Crippen LogP contribution in [0.25, 0.3) is 0 Å². The Balaban J connectivity index is 1.92. The van der Waals surface area contributed by atoms with Crippen molar-refractivity contribution in [3.8, 4) is 11.8 Å². The highest BCUT2D eigenvalue weighted by molar-refractivity contribution is 7.15. The molecule has 1 N–H and O–H groups in total. The SMILES string of the molecule is C[C@@H](CC(=O)N(C)C1CCN(C)CC1)N(c1cc(C#CC(C)(C)C)sc1C(=O)O)C(=O)[C@H]1CC[C@H](C)CC1. The first-order chi connectivity index (χ1) is 17.8. The van der Waals surface area contributed by atoms with E-state index in [1.807, 2.05) is 39.6 Å². The Morgan fingerprint density at radius 1 is 1.13 bits per heavy atom. The second-order valence-corrected chi connectivity index (χ2v) is 13.4. The van der Waals surface area contributed by atoms with E-state index in [1.54, 1.807) is 11.0 Å². The summed E-state index contributed by atoms with van der Waals surface area (Å²) >= 11 is 1.10. The molecule has 3 rings (SSSR count). The average Bonchev–Trinajstić information content (AvgIpc) is 3.27. The van der Waals surface area contributed by atoms with Crippen molar-refractivity contribution in [3.63, 3.8) is 0 Å². The number of hydrogen-bond donors (Lipinski definition) is 1. The maximum absolute atomic E-state index is 14.0. The number of likely N-dealkylation sites (tertiary alicyclic amines) is 1. The minimum Gasteiger partial charge on any atom is -0.477 e. The maximum Gasteiger partial charge on any atom is 0.348 e. The average molecular weight is 544 g/mol. The van der Waals surface area contributed by atoms with Crippen LogP contribution in [-0.2, 0) is 9.59 Å². The van der Waals surface area contributed by atoms with Gasteiger partial charge in [-0.05, 0) is 98.3 Å². The van der Waals surface area contributed by atoms with E-state index < -0.39 is 12.0 Å². The number of amides is 2. The van der Waals surface area contributed by atoms with Crippen LogP contribution < -0.4 is 4.90 Å². The molecule has 1 aromatic heterocycles. The number of thiophene rings is 1. The van der Waals surface area contributed by atoms with Crippen LogP contribution in [0.3, 0.4) is 0 Å². The highest BCUT2D eigenvalue weighted by Gasteiger charge is 2.36. The summed E-state index contributed by atoms with van der Waals surface area (Å²) in [4.78, 5) is 46.1. The number of hydrogen-bond acceptors (Lipinski definition) is 5. The van der Waals surface area contributed by atoms with Crippen molar-refractivity contribution in [2.75, 3.05) is 32.1 Å². The third-order valence-electron chi connectivity index (χ3n) is 7.87. The third-order valence-corrected chi connectivity index (χ3v) is 8.90. The number of anilines is 1. The van der Waals surface area contributed by atoms with E-state index in [4.69, 9.17) is 0 Å². The van der Waals surface area contributed by atoms with Crippen molar-refractivity contribution in [1.29, 1.82) is 0 Å². The number of piperidine rings is 1. The van der Waals surface area contributed by atoms with Crippen molar-refractivity contribution in [3.05, 3.63) is 15.8 Å². The van der Waals surface area contributed by atoms with Gasteiger partial charge in [0.1, 0.15) is 4.88 Å². The first kappa shape index (κ1) is 30.2. The minimum absolute atomic E-state index is 0.0121. The first-order valence-corrected chi connectivity index (χ1v) is 14.8. The van der Waals surface area contributed by atoms with E-state index in [0.717, 1.165) is 63.0 Å². The smallest absolute Gasteiger partial charge is 0.348 e. The minimum atomic E-state index is -1.08. The lowest BCUT2D eigenvalue weighted by molar-refractivity contribution is -0.133. The molecule has 1 saturated heterocycles. The van der Waals surface area contributed by atoms with Crippen LogP contribution in [0.2, 0.25) is 0 Å². The summed E-state index contributed by atoms with van der Waals surface area (Å²) in [6, 6.07) is 1.45. The van der Waals surface area contributed by atoms with Crippen molar-refractivity contribution in [1.82, 2.24) is 9.80 Å². The van der Waals surface area contributed by atoms with Crippen LogP contribution >= 0.6 is 11.3 Å². The Labute approximate surface area is 232 Å². The van der Waals surface area contributed by atoms with Crippen molar-refractivity contribution in [2.45, 2.75) is 91.6 Å². The Morgan fingerprint density at radius 2 is 1.74 bits per heavy atom. The van der Waals surface area contributed by atoms with E-state index in [2.05, 4.69) is 30.7 Å². The largest absolute Gasteiger partial charge is 0.477 e. The number of carbonyl (C=O) groups is 3. The molecule has 0 spiro atoms. The topological polar surface area (TPSA) is 81.2 Å². The van der Waals surface area contributed by atoms with Crippen LogP contribution in [0.15, 0.2) is 6.07 Å². The number of rotatable bonds is 7. The quantitative estimate of drug-likeness (QED) is 0.470. The van der Waals surface area contributed by atoms with Gasteiger partial charge in [0, 0.05) is 36.9 Å². The fourth-order valence-corrected chi connectivity index (χ4v) is 6.22. The summed E-state index contributed by atoms with van der Waals surface area (Å²) < 4.78 is 0. The zero-order valence-electron chi connectivity index (χ0n) is 24.2. The van der Waals surface area contributed by atoms with Crippen molar-refractivity contribution < 1.29 is 19.5 Å². The molecular weight excluding hydrogens is 498 g/mol. The highest BCUT2D eigenvalue weighted by Crippen LogP contribution is 2.37. The second-order valence-electron chi connectivity index (χ2n) is 12.4. The van der Waals surface area contributed by atoms with Crippen LogP contribution in [0, 0.1) is 29.1 Å². The molecule has 38 heavy (non-hydrogen) atoms. The van der Waals surface area contributed by atoms with Gasteiger partial charge in [0.25, 0.3) is 0 Å². The van der Waals surface area contributed by atoms with E-state index in [-0.39, 0.29) is 40.5 Å². The summed E-state index contributed by atoms with van der Waals surface area (Å²) in [6.07, 6.45) is 5.54. The Kier molecular flexibility index (Phi) is 10.0. The normalized spacial score (nSPS) is 21.8. The zero-order valence-corrected chi connectivity index (χ0v) is 25.0. The lowest BCUT2D eigenvalue weighted by Gasteiger charge is -2.37. The number of carbonyl (C=O) groups excluding carboxylic acids is 2. The van der Waals surface area contributed by atoms with Crippen molar-refractivity contribution in [2.24, 2.45) is 17.3 Å². The van der Waals surface area contributed by atoms with E-state index in [0.29, 0.717) is 16.5 Å². The predicted octanol–water partition coefficient (Wildman–Crippen LogP) is 5.33. The summed E-state index contributed by atoms with van der Waals surface area (Å²) in [7, 11) is 3.95. The molecule has 8 heteroatoms. The molecule has 0 radical (unpaired) electrons. The summed E-state index contributed by atoms with van der Waals surface area (Å²) in [6.45, 7) is 12.0. The number of nitrogens with zero attached hydrogens (tertiary/aromatic N) is 3. The number of carboxylic acid groups (broad SMARTS) is 1. The van der Waals surface area contributed by atoms with Gasteiger partial charge in [-0.2, -0.15) is 0 Å². The second kappa shape index (κ2) is 12.7. The molecule has 1 saturated carbocycles. The lowest BCUT2D eigenvalue weighted by atomic mass is 9.82. The van der Waals surface area contributed by atoms with E-state index in [1.165, 1.54) is 0 Å². The van der Waals surface area contributed by atoms with Gasteiger partial charge in [0.05, 0.1) is 10.6 Å². The molecule has 2 amide bonds. The molecule has 1 aliphatic heterocycles. The Morgan fingerprint density at radius 3 is 2.29 bits per heavy atom. The predicted molar refractivity (Wildman–Crippen MR) is 154 cm³/mol. The van der Waals surface area contributed by atoms with Gasteiger partial charge < -0.3 is 19.8 Å².